The minimum absolute atomic E-state index is 0.124. The van der Waals surface area contributed by atoms with Gasteiger partial charge in [0.05, 0.1) is 11.7 Å². The van der Waals surface area contributed by atoms with Gasteiger partial charge >= 0.3 is 5.97 Å². The Hall–Kier alpha value is -1.43. The molecule has 102 valence electrons. The molecule has 2 heterocycles. The molecule has 5 atom stereocenters. The van der Waals surface area contributed by atoms with E-state index in [0.29, 0.717) is 5.56 Å². The van der Waals surface area contributed by atoms with E-state index in [0.717, 1.165) is 0 Å². The highest BCUT2D eigenvalue weighted by molar-refractivity contribution is 5.89. The predicted molar refractivity (Wildman–Crippen MR) is 65.7 cm³/mol. The highest BCUT2D eigenvalue weighted by Gasteiger charge is 2.58. The Labute approximate surface area is 111 Å². The standard InChI is InChI=1S/C14H16O5/c1-8-10(11-12(18-11)14(16-2)17-8)19-13(15)9-6-4-3-5-7-9/h3-8,10-12,14H,1-2H3/t8-,10-,11-,12-,14+/m1/s1. The van der Waals surface area contributed by atoms with Gasteiger partial charge in [0.25, 0.3) is 0 Å². The average Bonchev–Trinajstić information content (AvgIpc) is 3.22. The first kappa shape index (κ1) is 12.6. The molecule has 2 aliphatic rings. The van der Waals surface area contributed by atoms with Crippen molar-refractivity contribution in [3.05, 3.63) is 35.9 Å². The Morgan fingerprint density at radius 1 is 1.16 bits per heavy atom. The van der Waals surface area contributed by atoms with Crippen LogP contribution in [-0.4, -0.2) is 43.8 Å². The zero-order valence-corrected chi connectivity index (χ0v) is 10.8. The lowest BCUT2D eigenvalue weighted by molar-refractivity contribution is -0.194. The van der Waals surface area contributed by atoms with Crippen LogP contribution in [-0.2, 0) is 18.9 Å². The van der Waals surface area contributed by atoms with Crippen molar-refractivity contribution in [3.8, 4) is 0 Å². The second-order valence-electron chi connectivity index (χ2n) is 4.75. The van der Waals surface area contributed by atoms with E-state index in [-0.39, 0.29) is 36.7 Å². The number of fused-ring (bicyclic) bond motifs is 1. The highest BCUT2D eigenvalue weighted by atomic mass is 16.7. The van der Waals surface area contributed by atoms with E-state index < -0.39 is 0 Å². The Balaban J connectivity index is 1.66. The predicted octanol–water partition coefficient (Wildman–Crippen LogP) is 1.37. The van der Waals surface area contributed by atoms with Gasteiger partial charge in [0.1, 0.15) is 12.2 Å². The first-order chi connectivity index (χ1) is 9.20. The van der Waals surface area contributed by atoms with Gasteiger partial charge in [0.2, 0.25) is 0 Å². The summed E-state index contributed by atoms with van der Waals surface area (Å²) in [6.45, 7) is 1.85. The summed E-state index contributed by atoms with van der Waals surface area (Å²) in [7, 11) is 1.58. The van der Waals surface area contributed by atoms with Crippen molar-refractivity contribution in [1.82, 2.24) is 0 Å². The Kier molecular flexibility index (Phi) is 3.26. The molecule has 2 fully saturated rings. The highest BCUT2D eigenvalue weighted by Crippen LogP contribution is 2.39. The molecular weight excluding hydrogens is 248 g/mol. The SMILES string of the molecule is CO[C@H]1O[C@H](C)[C@@H](OC(=O)c2ccccc2)[C@H]2O[C@@H]12. The van der Waals surface area contributed by atoms with E-state index >= 15 is 0 Å². The molecule has 0 unspecified atom stereocenters. The number of methoxy groups -OCH3 is 1. The lowest BCUT2D eigenvalue weighted by Crippen LogP contribution is -2.46. The lowest BCUT2D eigenvalue weighted by Gasteiger charge is -2.30. The third-order valence-electron chi connectivity index (χ3n) is 3.45. The third-order valence-corrected chi connectivity index (χ3v) is 3.45. The van der Waals surface area contributed by atoms with Crippen LogP contribution in [0.15, 0.2) is 30.3 Å². The number of benzene rings is 1. The molecule has 3 rings (SSSR count). The number of carbonyl (C=O) groups excluding carboxylic acids is 1. The van der Waals surface area contributed by atoms with E-state index in [1.54, 1.807) is 31.4 Å². The van der Waals surface area contributed by atoms with Gasteiger partial charge < -0.3 is 18.9 Å². The number of hydrogen-bond acceptors (Lipinski definition) is 5. The Morgan fingerprint density at radius 2 is 1.89 bits per heavy atom. The monoisotopic (exact) mass is 264 g/mol. The number of esters is 1. The van der Waals surface area contributed by atoms with Crippen LogP contribution < -0.4 is 0 Å². The van der Waals surface area contributed by atoms with Gasteiger partial charge in [-0.25, -0.2) is 4.79 Å². The summed E-state index contributed by atoms with van der Waals surface area (Å²) in [5.41, 5.74) is 0.528. The molecule has 5 heteroatoms. The number of rotatable bonds is 3. The van der Waals surface area contributed by atoms with E-state index in [1.165, 1.54) is 0 Å². The molecule has 0 spiro atoms. The van der Waals surface area contributed by atoms with Crippen LogP contribution in [0.4, 0.5) is 0 Å². The number of carbonyl (C=O) groups is 1. The lowest BCUT2D eigenvalue weighted by atomic mass is 10.1. The maximum absolute atomic E-state index is 12.0. The maximum atomic E-state index is 12.0. The van der Waals surface area contributed by atoms with Crippen LogP contribution >= 0.6 is 0 Å². The summed E-state index contributed by atoms with van der Waals surface area (Å²) in [5.74, 6) is -0.355. The van der Waals surface area contributed by atoms with Crippen molar-refractivity contribution < 1.29 is 23.7 Å². The van der Waals surface area contributed by atoms with Gasteiger partial charge in [-0.2, -0.15) is 0 Å². The van der Waals surface area contributed by atoms with Crippen LogP contribution in [0, 0.1) is 0 Å². The normalized spacial score (nSPS) is 36.4. The molecule has 0 bridgehead atoms. The van der Waals surface area contributed by atoms with Crippen molar-refractivity contribution in [3.63, 3.8) is 0 Å². The fourth-order valence-electron chi connectivity index (χ4n) is 2.37. The summed E-state index contributed by atoms with van der Waals surface area (Å²) in [6.07, 6.45) is -1.26. The first-order valence-electron chi connectivity index (χ1n) is 6.30. The zero-order chi connectivity index (χ0) is 13.4. The van der Waals surface area contributed by atoms with Gasteiger partial charge in [0, 0.05) is 7.11 Å². The van der Waals surface area contributed by atoms with Gasteiger partial charge in [-0.1, -0.05) is 18.2 Å². The molecule has 19 heavy (non-hydrogen) atoms. The quantitative estimate of drug-likeness (QED) is 0.609. The van der Waals surface area contributed by atoms with Crippen molar-refractivity contribution in [1.29, 1.82) is 0 Å². The van der Waals surface area contributed by atoms with Crippen LogP contribution in [0.1, 0.15) is 17.3 Å². The second-order valence-corrected chi connectivity index (χ2v) is 4.75. The topological polar surface area (TPSA) is 57.3 Å². The summed E-state index contributed by atoms with van der Waals surface area (Å²) >= 11 is 0. The van der Waals surface area contributed by atoms with E-state index in [1.807, 2.05) is 13.0 Å². The average molecular weight is 264 g/mol. The second kappa shape index (κ2) is 4.92. The molecule has 2 saturated heterocycles. The van der Waals surface area contributed by atoms with Crippen molar-refractivity contribution in [2.24, 2.45) is 0 Å². The maximum Gasteiger partial charge on any atom is 0.338 e. The van der Waals surface area contributed by atoms with Crippen molar-refractivity contribution >= 4 is 5.97 Å². The molecule has 5 nitrogen and oxygen atoms in total. The van der Waals surface area contributed by atoms with Gasteiger partial charge in [-0.05, 0) is 19.1 Å². The van der Waals surface area contributed by atoms with Gasteiger partial charge in [0.15, 0.2) is 12.4 Å². The molecule has 0 radical (unpaired) electrons. The summed E-state index contributed by atoms with van der Waals surface area (Å²) in [4.78, 5) is 12.0. The van der Waals surface area contributed by atoms with Crippen LogP contribution in [0.3, 0.4) is 0 Å². The molecule has 1 aromatic carbocycles. The first-order valence-corrected chi connectivity index (χ1v) is 6.30. The van der Waals surface area contributed by atoms with Crippen molar-refractivity contribution in [2.45, 2.75) is 37.6 Å². The fraction of sp³-hybridized carbons (Fsp3) is 0.500. The van der Waals surface area contributed by atoms with E-state index in [4.69, 9.17) is 18.9 Å². The summed E-state index contributed by atoms with van der Waals surface area (Å²) in [6, 6.07) is 8.90. The number of ether oxygens (including phenoxy) is 4. The minimum Gasteiger partial charge on any atom is -0.453 e. The van der Waals surface area contributed by atoms with Gasteiger partial charge in [-0.3, -0.25) is 0 Å². The summed E-state index contributed by atoms with van der Waals surface area (Å²) in [5, 5.41) is 0. The molecule has 0 saturated carbocycles. The van der Waals surface area contributed by atoms with Crippen molar-refractivity contribution in [2.75, 3.05) is 7.11 Å². The third kappa shape index (κ3) is 2.36. The molecule has 0 amide bonds. The summed E-state index contributed by atoms with van der Waals surface area (Å²) < 4.78 is 21.7. The van der Waals surface area contributed by atoms with E-state index in [9.17, 15) is 4.79 Å². The smallest absolute Gasteiger partial charge is 0.338 e. The van der Waals surface area contributed by atoms with Crippen LogP contribution in [0.25, 0.3) is 0 Å². The molecule has 1 aromatic rings. The minimum atomic E-state index is -0.385. The molecule has 2 aliphatic heterocycles. The largest absolute Gasteiger partial charge is 0.453 e. The number of epoxide rings is 1. The molecular formula is C14H16O5. The molecule has 0 N–H and O–H groups in total. The zero-order valence-electron chi connectivity index (χ0n) is 10.8. The van der Waals surface area contributed by atoms with Crippen LogP contribution in [0.5, 0.6) is 0 Å². The fourth-order valence-corrected chi connectivity index (χ4v) is 2.37. The Bertz CT molecular complexity index is 458. The van der Waals surface area contributed by atoms with Crippen LogP contribution in [0.2, 0.25) is 0 Å². The van der Waals surface area contributed by atoms with Gasteiger partial charge in [-0.15, -0.1) is 0 Å². The molecule has 0 aromatic heterocycles. The molecule has 0 aliphatic carbocycles. The van der Waals surface area contributed by atoms with E-state index in [2.05, 4.69) is 0 Å². The number of hydrogen-bond donors (Lipinski definition) is 0. The Morgan fingerprint density at radius 3 is 2.58 bits per heavy atom.